The summed E-state index contributed by atoms with van der Waals surface area (Å²) in [7, 11) is 1.55. The lowest BCUT2D eigenvalue weighted by molar-refractivity contribution is -0.384. The smallest absolute Gasteiger partial charge is 0.307 e. The standard InChI is InChI=1S/C22H34N4O6/c1-4-24-12-6-7-18(24)16-25(13-10-21(27)32-5-2)22(28)17-8-9-19(23-11-14-31-3)20(15-17)26(29)30/h8-9,15,18,23H,4-7,10-14,16H2,1-3H3. The lowest BCUT2D eigenvalue weighted by Crippen LogP contribution is -2.44. The number of likely N-dealkylation sites (N-methyl/N-ethyl adjacent to an activating group) is 1. The van der Waals surface area contributed by atoms with Gasteiger partial charge in [0.15, 0.2) is 0 Å². The van der Waals surface area contributed by atoms with Crippen molar-refractivity contribution in [3.63, 3.8) is 0 Å². The van der Waals surface area contributed by atoms with Crippen molar-refractivity contribution in [1.29, 1.82) is 0 Å². The van der Waals surface area contributed by atoms with E-state index in [0.29, 0.717) is 25.4 Å². The van der Waals surface area contributed by atoms with E-state index < -0.39 is 4.92 Å². The maximum absolute atomic E-state index is 13.3. The van der Waals surface area contributed by atoms with E-state index in [2.05, 4.69) is 17.1 Å². The van der Waals surface area contributed by atoms with Gasteiger partial charge in [-0.05, 0) is 45.0 Å². The molecule has 0 bridgehead atoms. The first-order chi connectivity index (χ1) is 15.4. The number of nitrogens with zero attached hydrogens (tertiary/aromatic N) is 3. The molecule has 0 aromatic heterocycles. The monoisotopic (exact) mass is 450 g/mol. The summed E-state index contributed by atoms with van der Waals surface area (Å²) in [5.41, 5.74) is 0.377. The fourth-order valence-corrected chi connectivity index (χ4v) is 3.94. The number of amides is 1. The molecule has 1 fully saturated rings. The normalized spacial score (nSPS) is 16.0. The molecule has 0 radical (unpaired) electrons. The zero-order valence-electron chi connectivity index (χ0n) is 19.2. The number of ether oxygens (including phenoxy) is 2. The molecule has 1 atom stereocenters. The molecule has 0 aliphatic carbocycles. The van der Waals surface area contributed by atoms with Crippen LogP contribution in [0.4, 0.5) is 11.4 Å². The highest BCUT2D eigenvalue weighted by molar-refractivity contribution is 5.96. The van der Waals surface area contributed by atoms with Gasteiger partial charge in [0.1, 0.15) is 5.69 Å². The number of methoxy groups -OCH3 is 1. The zero-order valence-corrected chi connectivity index (χ0v) is 19.2. The number of esters is 1. The van der Waals surface area contributed by atoms with E-state index in [-0.39, 0.29) is 48.7 Å². The molecule has 1 aromatic carbocycles. The largest absolute Gasteiger partial charge is 0.466 e. The first-order valence-corrected chi connectivity index (χ1v) is 11.1. The van der Waals surface area contributed by atoms with Gasteiger partial charge in [-0.1, -0.05) is 6.92 Å². The predicted molar refractivity (Wildman–Crippen MR) is 121 cm³/mol. The Labute approximate surface area is 189 Å². The van der Waals surface area contributed by atoms with E-state index in [1.54, 1.807) is 31.1 Å². The minimum Gasteiger partial charge on any atom is -0.466 e. The van der Waals surface area contributed by atoms with Crippen LogP contribution in [0.5, 0.6) is 0 Å². The molecule has 32 heavy (non-hydrogen) atoms. The molecule has 0 saturated carbocycles. The summed E-state index contributed by atoms with van der Waals surface area (Å²) in [5.74, 6) is -0.698. The minimum atomic E-state index is -0.509. The number of nitrogens with one attached hydrogen (secondary N) is 1. The van der Waals surface area contributed by atoms with Crippen LogP contribution in [0, 0.1) is 10.1 Å². The molecule has 1 unspecified atom stereocenters. The number of rotatable bonds is 13. The second-order valence-corrected chi connectivity index (χ2v) is 7.64. The number of hydrogen-bond acceptors (Lipinski definition) is 8. The Bertz CT molecular complexity index is 788. The van der Waals surface area contributed by atoms with Crippen molar-refractivity contribution in [3.8, 4) is 0 Å². The highest BCUT2D eigenvalue weighted by Gasteiger charge is 2.29. The molecular weight excluding hydrogens is 416 g/mol. The van der Waals surface area contributed by atoms with E-state index in [1.807, 2.05) is 0 Å². The van der Waals surface area contributed by atoms with Crippen LogP contribution < -0.4 is 5.32 Å². The number of hydrogen-bond donors (Lipinski definition) is 1. The predicted octanol–water partition coefficient (Wildman–Crippen LogP) is 2.53. The van der Waals surface area contributed by atoms with Gasteiger partial charge < -0.3 is 19.7 Å². The molecule has 1 N–H and O–H groups in total. The average Bonchev–Trinajstić information content (AvgIpc) is 3.23. The van der Waals surface area contributed by atoms with E-state index in [0.717, 1.165) is 25.9 Å². The topological polar surface area (TPSA) is 114 Å². The Balaban J connectivity index is 2.23. The summed E-state index contributed by atoms with van der Waals surface area (Å²) in [6.07, 6.45) is 2.11. The van der Waals surface area contributed by atoms with Gasteiger partial charge in [0.05, 0.1) is 24.6 Å². The number of benzene rings is 1. The fraction of sp³-hybridized carbons (Fsp3) is 0.636. The summed E-state index contributed by atoms with van der Waals surface area (Å²) >= 11 is 0. The zero-order chi connectivity index (χ0) is 23.5. The molecule has 2 rings (SSSR count). The molecule has 1 aromatic rings. The molecule has 1 heterocycles. The lowest BCUT2D eigenvalue weighted by atomic mass is 10.1. The number of carbonyl (C=O) groups excluding carboxylic acids is 2. The summed E-state index contributed by atoms with van der Waals surface area (Å²) in [6, 6.07) is 4.62. The maximum Gasteiger partial charge on any atom is 0.307 e. The highest BCUT2D eigenvalue weighted by atomic mass is 16.6. The van der Waals surface area contributed by atoms with Crippen molar-refractivity contribution in [3.05, 3.63) is 33.9 Å². The number of anilines is 1. The van der Waals surface area contributed by atoms with Crippen LogP contribution in [-0.4, -0.2) is 85.7 Å². The van der Waals surface area contributed by atoms with Crippen LogP contribution in [0.2, 0.25) is 0 Å². The molecule has 10 nitrogen and oxygen atoms in total. The first kappa shape index (κ1) is 25.5. The van der Waals surface area contributed by atoms with Crippen molar-refractivity contribution >= 4 is 23.3 Å². The lowest BCUT2D eigenvalue weighted by Gasteiger charge is -2.30. The van der Waals surface area contributed by atoms with Crippen molar-refractivity contribution in [2.75, 3.05) is 58.4 Å². The quantitative estimate of drug-likeness (QED) is 0.211. The Hall–Kier alpha value is -2.72. The molecule has 10 heteroatoms. The van der Waals surface area contributed by atoms with Crippen molar-refractivity contribution in [2.24, 2.45) is 0 Å². The Kier molecular flexibility index (Phi) is 10.4. The highest BCUT2D eigenvalue weighted by Crippen LogP contribution is 2.27. The average molecular weight is 451 g/mol. The molecule has 0 spiro atoms. The van der Waals surface area contributed by atoms with Gasteiger partial charge >= 0.3 is 5.97 Å². The molecular formula is C22H34N4O6. The molecule has 1 aliphatic heterocycles. The summed E-state index contributed by atoms with van der Waals surface area (Å²) in [4.78, 5) is 40.2. The van der Waals surface area contributed by atoms with E-state index in [4.69, 9.17) is 9.47 Å². The van der Waals surface area contributed by atoms with Crippen molar-refractivity contribution in [1.82, 2.24) is 9.80 Å². The summed E-state index contributed by atoms with van der Waals surface area (Å²) in [6.45, 7) is 7.44. The minimum absolute atomic E-state index is 0.0805. The number of likely N-dealkylation sites (tertiary alicyclic amines) is 1. The summed E-state index contributed by atoms with van der Waals surface area (Å²) < 4.78 is 9.98. The van der Waals surface area contributed by atoms with Gasteiger partial charge in [-0.15, -0.1) is 0 Å². The van der Waals surface area contributed by atoms with E-state index in [1.165, 1.54) is 6.07 Å². The Morgan fingerprint density at radius 1 is 1.34 bits per heavy atom. The van der Waals surface area contributed by atoms with Crippen LogP contribution >= 0.6 is 0 Å². The van der Waals surface area contributed by atoms with Gasteiger partial charge in [-0.3, -0.25) is 24.6 Å². The van der Waals surface area contributed by atoms with Crippen molar-refractivity contribution in [2.45, 2.75) is 39.2 Å². The van der Waals surface area contributed by atoms with Gasteiger partial charge in [-0.25, -0.2) is 0 Å². The third-order valence-corrected chi connectivity index (χ3v) is 5.58. The number of nitro groups is 1. The van der Waals surface area contributed by atoms with Crippen LogP contribution in [0.15, 0.2) is 18.2 Å². The van der Waals surface area contributed by atoms with Crippen LogP contribution in [-0.2, 0) is 14.3 Å². The van der Waals surface area contributed by atoms with Gasteiger partial charge in [0, 0.05) is 44.4 Å². The second-order valence-electron chi connectivity index (χ2n) is 7.64. The van der Waals surface area contributed by atoms with Gasteiger partial charge in [0.2, 0.25) is 0 Å². The third kappa shape index (κ3) is 7.16. The Morgan fingerprint density at radius 2 is 2.12 bits per heavy atom. The van der Waals surface area contributed by atoms with Crippen LogP contribution in [0.25, 0.3) is 0 Å². The SMILES string of the molecule is CCOC(=O)CCN(CC1CCCN1CC)C(=O)c1ccc(NCCOC)c([N+](=O)[O-])c1. The molecule has 1 amide bonds. The maximum atomic E-state index is 13.3. The van der Waals surface area contributed by atoms with Gasteiger partial charge in [-0.2, -0.15) is 0 Å². The van der Waals surface area contributed by atoms with Crippen LogP contribution in [0.1, 0.15) is 43.5 Å². The first-order valence-electron chi connectivity index (χ1n) is 11.1. The van der Waals surface area contributed by atoms with Crippen molar-refractivity contribution < 1.29 is 24.0 Å². The number of nitro benzene ring substituents is 1. The van der Waals surface area contributed by atoms with Crippen LogP contribution in [0.3, 0.4) is 0 Å². The molecule has 178 valence electrons. The number of carbonyl (C=O) groups is 2. The third-order valence-electron chi connectivity index (χ3n) is 5.58. The van der Waals surface area contributed by atoms with E-state index >= 15 is 0 Å². The molecule has 1 aliphatic rings. The fourth-order valence-electron chi connectivity index (χ4n) is 3.94. The van der Waals surface area contributed by atoms with E-state index in [9.17, 15) is 19.7 Å². The molecule has 1 saturated heterocycles. The summed E-state index contributed by atoms with van der Waals surface area (Å²) in [5, 5.41) is 14.5. The Morgan fingerprint density at radius 3 is 2.78 bits per heavy atom. The second kappa shape index (κ2) is 13.0. The van der Waals surface area contributed by atoms with Gasteiger partial charge in [0.25, 0.3) is 11.6 Å².